The molecule has 1 saturated heterocycles. The summed E-state index contributed by atoms with van der Waals surface area (Å²) in [4.78, 5) is 15.9. The van der Waals surface area contributed by atoms with E-state index in [0.29, 0.717) is 26.2 Å². The van der Waals surface area contributed by atoms with Gasteiger partial charge in [0.25, 0.3) is 5.91 Å². The molecule has 1 aliphatic heterocycles. The number of carbonyl (C=O) groups is 1. The molecular formula is C14H18F2N2O2. The first-order chi connectivity index (χ1) is 9.60. The molecule has 0 aromatic heterocycles. The van der Waals surface area contributed by atoms with Crippen LogP contribution in [-0.2, 0) is 0 Å². The van der Waals surface area contributed by atoms with E-state index in [0.717, 1.165) is 31.2 Å². The second kappa shape index (κ2) is 6.76. The number of hydrogen-bond acceptors (Lipinski definition) is 3. The topological polar surface area (TPSA) is 43.8 Å². The molecular weight excluding hydrogens is 266 g/mol. The van der Waals surface area contributed by atoms with E-state index in [1.165, 1.54) is 0 Å². The molecule has 2 rings (SSSR count). The Bertz CT molecular complexity index is 462. The van der Waals surface area contributed by atoms with E-state index in [4.69, 9.17) is 5.11 Å². The number of nitrogens with zero attached hydrogens (tertiary/aromatic N) is 2. The van der Waals surface area contributed by atoms with Crippen molar-refractivity contribution < 1.29 is 18.7 Å². The van der Waals surface area contributed by atoms with Crippen molar-refractivity contribution in [2.45, 2.75) is 6.42 Å². The summed E-state index contributed by atoms with van der Waals surface area (Å²) in [5.41, 5.74) is 0.0399. The first-order valence-corrected chi connectivity index (χ1v) is 6.69. The molecule has 0 unspecified atom stereocenters. The molecule has 0 radical (unpaired) electrons. The summed E-state index contributed by atoms with van der Waals surface area (Å²) in [6.45, 7) is 3.18. The lowest BCUT2D eigenvalue weighted by Gasteiger charge is -2.21. The van der Waals surface area contributed by atoms with Crippen LogP contribution in [0.2, 0.25) is 0 Å². The van der Waals surface area contributed by atoms with Gasteiger partial charge in [-0.15, -0.1) is 0 Å². The summed E-state index contributed by atoms with van der Waals surface area (Å²) in [6, 6.07) is 2.87. The smallest absolute Gasteiger partial charge is 0.254 e. The molecule has 20 heavy (non-hydrogen) atoms. The molecule has 1 N–H and O–H groups in total. The number of amides is 1. The van der Waals surface area contributed by atoms with E-state index in [1.54, 1.807) is 4.90 Å². The lowest BCUT2D eigenvalue weighted by atomic mass is 10.2. The minimum absolute atomic E-state index is 0.0399. The van der Waals surface area contributed by atoms with Gasteiger partial charge in [-0.3, -0.25) is 9.69 Å². The van der Waals surface area contributed by atoms with Crippen LogP contribution < -0.4 is 0 Å². The summed E-state index contributed by atoms with van der Waals surface area (Å²) in [5, 5.41) is 8.92. The second-order valence-electron chi connectivity index (χ2n) is 4.87. The Labute approximate surface area is 116 Å². The summed E-state index contributed by atoms with van der Waals surface area (Å²) < 4.78 is 26.3. The van der Waals surface area contributed by atoms with Crippen LogP contribution in [0.25, 0.3) is 0 Å². The molecule has 6 heteroatoms. The number of β-amino-alcohol motifs (C(OH)–C–C–N with tert-alkyl or cyclic N) is 1. The molecule has 0 bridgehead atoms. The van der Waals surface area contributed by atoms with Crippen LogP contribution in [0.1, 0.15) is 16.8 Å². The van der Waals surface area contributed by atoms with Gasteiger partial charge in [-0.05, 0) is 25.1 Å². The molecule has 0 atom stereocenters. The molecule has 0 aliphatic carbocycles. The van der Waals surface area contributed by atoms with E-state index in [-0.39, 0.29) is 18.1 Å². The van der Waals surface area contributed by atoms with E-state index in [1.807, 2.05) is 0 Å². The minimum atomic E-state index is -0.745. The van der Waals surface area contributed by atoms with Gasteiger partial charge in [-0.2, -0.15) is 0 Å². The molecule has 110 valence electrons. The zero-order valence-corrected chi connectivity index (χ0v) is 11.2. The summed E-state index contributed by atoms with van der Waals surface area (Å²) in [6.07, 6.45) is 0.781. The number of benzene rings is 1. The quantitative estimate of drug-likeness (QED) is 0.904. The largest absolute Gasteiger partial charge is 0.395 e. The van der Waals surface area contributed by atoms with E-state index in [2.05, 4.69) is 4.90 Å². The molecule has 1 aromatic carbocycles. The van der Waals surface area contributed by atoms with Crippen LogP contribution in [0.15, 0.2) is 18.2 Å². The first-order valence-electron chi connectivity index (χ1n) is 6.69. The van der Waals surface area contributed by atoms with Crippen LogP contribution in [0.4, 0.5) is 8.78 Å². The van der Waals surface area contributed by atoms with Crippen LogP contribution in [0.5, 0.6) is 0 Å². The Morgan fingerprint density at radius 3 is 2.45 bits per heavy atom. The molecule has 1 aromatic rings. The maximum absolute atomic E-state index is 13.2. The third-order valence-electron chi connectivity index (χ3n) is 3.40. The van der Waals surface area contributed by atoms with E-state index in [9.17, 15) is 13.6 Å². The Morgan fingerprint density at radius 1 is 1.10 bits per heavy atom. The van der Waals surface area contributed by atoms with E-state index >= 15 is 0 Å². The Balaban J connectivity index is 2.05. The number of aliphatic hydroxyl groups excluding tert-OH is 1. The van der Waals surface area contributed by atoms with Gasteiger partial charge >= 0.3 is 0 Å². The Hall–Kier alpha value is -1.53. The highest BCUT2D eigenvalue weighted by Gasteiger charge is 2.20. The van der Waals surface area contributed by atoms with Gasteiger partial charge in [0.2, 0.25) is 0 Å². The fourth-order valence-corrected chi connectivity index (χ4v) is 2.40. The maximum Gasteiger partial charge on any atom is 0.254 e. The summed E-state index contributed by atoms with van der Waals surface area (Å²) in [5.74, 6) is -1.84. The molecule has 1 aliphatic rings. The van der Waals surface area contributed by atoms with Gasteiger partial charge in [0.05, 0.1) is 6.61 Å². The SMILES string of the molecule is O=C(c1cc(F)cc(F)c1)N1CCCN(CCO)CC1. The first kappa shape index (κ1) is 14.9. The summed E-state index contributed by atoms with van der Waals surface area (Å²) >= 11 is 0. The fourth-order valence-electron chi connectivity index (χ4n) is 2.40. The fraction of sp³-hybridized carbons (Fsp3) is 0.500. The Morgan fingerprint density at radius 2 is 1.80 bits per heavy atom. The predicted octanol–water partition coefficient (Wildman–Crippen LogP) is 1.11. The number of hydrogen-bond donors (Lipinski definition) is 1. The van der Waals surface area contributed by atoms with Gasteiger partial charge in [-0.25, -0.2) is 8.78 Å². The van der Waals surface area contributed by atoms with Crippen molar-refractivity contribution in [3.8, 4) is 0 Å². The zero-order chi connectivity index (χ0) is 14.5. The highest BCUT2D eigenvalue weighted by molar-refractivity contribution is 5.94. The monoisotopic (exact) mass is 284 g/mol. The van der Waals surface area contributed by atoms with Crippen molar-refractivity contribution in [2.75, 3.05) is 39.3 Å². The lowest BCUT2D eigenvalue weighted by molar-refractivity contribution is 0.0759. The van der Waals surface area contributed by atoms with Gasteiger partial charge in [0.1, 0.15) is 11.6 Å². The third kappa shape index (κ3) is 3.74. The highest BCUT2D eigenvalue weighted by Crippen LogP contribution is 2.12. The van der Waals surface area contributed by atoms with Crippen molar-refractivity contribution in [1.29, 1.82) is 0 Å². The van der Waals surface area contributed by atoms with Crippen molar-refractivity contribution in [3.05, 3.63) is 35.4 Å². The van der Waals surface area contributed by atoms with Crippen LogP contribution in [0.3, 0.4) is 0 Å². The van der Waals surface area contributed by atoms with Crippen LogP contribution in [0, 0.1) is 11.6 Å². The van der Waals surface area contributed by atoms with Crippen molar-refractivity contribution in [1.82, 2.24) is 9.80 Å². The molecule has 1 heterocycles. The van der Waals surface area contributed by atoms with Gasteiger partial charge in [0.15, 0.2) is 0 Å². The lowest BCUT2D eigenvalue weighted by Crippen LogP contribution is -2.36. The molecule has 1 amide bonds. The van der Waals surface area contributed by atoms with Gasteiger partial charge < -0.3 is 10.0 Å². The number of aliphatic hydroxyl groups is 1. The summed E-state index contributed by atoms with van der Waals surface area (Å²) in [7, 11) is 0. The Kier molecular flexibility index (Phi) is 5.03. The van der Waals surface area contributed by atoms with Gasteiger partial charge in [-0.1, -0.05) is 0 Å². The van der Waals surface area contributed by atoms with Crippen molar-refractivity contribution in [3.63, 3.8) is 0 Å². The minimum Gasteiger partial charge on any atom is -0.395 e. The average Bonchev–Trinajstić information content (AvgIpc) is 2.63. The van der Waals surface area contributed by atoms with E-state index < -0.39 is 11.6 Å². The standard InChI is InChI=1S/C14H18F2N2O2/c15-12-8-11(9-13(16)10-12)14(20)18-3-1-2-17(4-5-18)6-7-19/h8-10,19H,1-7H2. The van der Waals surface area contributed by atoms with Crippen LogP contribution >= 0.6 is 0 Å². The molecule has 1 fully saturated rings. The predicted molar refractivity (Wildman–Crippen MR) is 70.4 cm³/mol. The van der Waals surface area contributed by atoms with Gasteiger partial charge in [0, 0.05) is 37.8 Å². The van der Waals surface area contributed by atoms with Crippen molar-refractivity contribution >= 4 is 5.91 Å². The molecule has 4 nitrogen and oxygen atoms in total. The molecule has 0 spiro atoms. The third-order valence-corrected chi connectivity index (χ3v) is 3.40. The number of rotatable bonds is 3. The number of halogens is 2. The highest BCUT2D eigenvalue weighted by atomic mass is 19.1. The maximum atomic E-state index is 13.2. The second-order valence-corrected chi connectivity index (χ2v) is 4.87. The van der Waals surface area contributed by atoms with Crippen LogP contribution in [-0.4, -0.2) is 60.1 Å². The zero-order valence-electron chi connectivity index (χ0n) is 11.2. The number of carbonyl (C=O) groups excluding carboxylic acids is 1. The average molecular weight is 284 g/mol. The van der Waals surface area contributed by atoms with Crippen molar-refractivity contribution in [2.24, 2.45) is 0 Å². The normalized spacial score (nSPS) is 17.1. The molecule has 0 saturated carbocycles.